The number of hydrogen-bond acceptors (Lipinski definition) is 1. The van der Waals surface area contributed by atoms with Crippen LogP contribution >= 0.6 is 15.9 Å². The van der Waals surface area contributed by atoms with E-state index in [1.54, 1.807) is 4.73 Å². The van der Waals surface area contributed by atoms with E-state index in [2.05, 4.69) is 15.9 Å². The molecule has 2 nitrogen and oxygen atoms in total. The summed E-state index contributed by atoms with van der Waals surface area (Å²) >= 11 is 3.33. The highest BCUT2D eigenvalue weighted by Crippen LogP contribution is 2.41. The van der Waals surface area contributed by atoms with Gasteiger partial charge in [0.2, 0.25) is 12.4 Å². The molecule has 0 N–H and O–H groups in total. The van der Waals surface area contributed by atoms with Crippen LogP contribution in [0.25, 0.3) is 0 Å². The minimum absolute atomic E-state index is 0.691. The lowest BCUT2D eigenvalue weighted by Gasteiger charge is -2.46. The normalized spacial score (nSPS) is 13.5. The van der Waals surface area contributed by atoms with Gasteiger partial charge in [0.1, 0.15) is 6.15 Å². The van der Waals surface area contributed by atoms with Gasteiger partial charge in [0.15, 0.2) is 6.61 Å². The largest absolute Gasteiger partial charge is 0.416 e. The maximum atomic E-state index is 14.2. The lowest BCUT2D eigenvalue weighted by Crippen LogP contribution is -2.75. The number of halogens is 25. The van der Waals surface area contributed by atoms with E-state index in [-0.39, 0.29) is 0 Å². The Kier molecular flexibility index (Phi) is 15.6. The molecule has 0 atom stereocenters. The van der Waals surface area contributed by atoms with Gasteiger partial charge in [-0.15, -0.1) is 0 Å². The van der Waals surface area contributed by atoms with Crippen molar-refractivity contribution in [1.29, 1.82) is 0 Å². The zero-order valence-electron chi connectivity index (χ0n) is 32.8. The molecular formula is C40H23BBrF24NO. The number of nitrogens with zero attached hydrogens (tertiary/aromatic N) is 1. The monoisotopic (exact) mass is 1080 g/mol. The minimum atomic E-state index is -6.13. The fourth-order valence-electron chi connectivity index (χ4n) is 6.76. The van der Waals surface area contributed by atoms with Gasteiger partial charge in [-0.25, -0.2) is 0 Å². The van der Waals surface area contributed by atoms with Gasteiger partial charge in [-0.1, -0.05) is 70.5 Å². The van der Waals surface area contributed by atoms with Crippen LogP contribution in [0.3, 0.4) is 0 Å². The average Bonchev–Trinajstić information content (AvgIpc) is 3.19. The van der Waals surface area contributed by atoms with Crippen molar-refractivity contribution in [2.75, 3.05) is 11.9 Å². The standard InChI is InChI=1S/C32H12BF24.C8H11BrNO/c34-25(35,36)13-1-14(26(37,38)39)6-21(5-13)33(22-7-15(27(40,41)42)2-16(8-22)28(43,44)45,23-9-17(29(46,47)48)3-18(10-23)30(49,50)51)24-11-19(31(52,53)54)4-20(12-24)32(55,56)57;9-5-4-8-11-10-6-2-1-3-7-10/h1-12H;1-3,6-7H,4-5,8H2/q-1;+1. The quantitative estimate of drug-likeness (QED) is 0.0496. The van der Waals surface area contributed by atoms with Crippen molar-refractivity contribution in [1.82, 2.24) is 0 Å². The second-order valence-electron chi connectivity index (χ2n) is 14.3. The van der Waals surface area contributed by atoms with Crippen molar-refractivity contribution >= 4 is 43.9 Å². The summed E-state index contributed by atoms with van der Waals surface area (Å²) < 4.78 is 343. The molecule has 5 aromatic rings. The Morgan fingerprint density at radius 1 is 0.338 bits per heavy atom. The summed E-state index contributed by atoms with van der Waals surface area (Å²) in [5, 5.41) is 0.987. The molecular weight excluding hydrogens is 1060 g/mol. The molecule has 1 aromatic heterocycles. The molecule has 0 aliphatic carbocycles. The Morgan fingerprint density at radius 2 is 0.544 bits per heavy atom. The molecule has 0 bridgehead atoms. The van der Waals surface area contributed by atoms with Gasteiger partial charge in [-0.2, -0.15) is 127 Å². The molecule has 0 radical (unpaired) electrons. The van der Waals surface area contributed by atoms with Crippen LogP contribution in [0.15, 0.2) is 103 Å². The lowest BCUT2D eigenvalue weighted by atomic mass is 9.12. The van der Waals surface area contributed by atoms with Crippen molar-refractivity contribution < 1.29 is 115 Å². The Hall–Kier alpha value is -5.31. The number of aromatic nitrogens is 1. The van der Waals surface area contributed by atoms with Gasteiger partial charge in [-0.3, -0.25) is 4.84 Å². The summed E-state index contributed by atoms with van der Waals surface area (Å²) in [7, 11) is 0. The van der Waals surface area contributed by atoms with Crippen LogP contribution in [0.2, 0.25) is 0 Å². The molecule has 68 heavy (non-hydrogen) atoms. The summed E-state index contributed by atoms with van der Waals surface area (Å²) in [5.41, 5.74) is -30.2. The van der Waals surface area contributed by atoms with Crippen LogP contribution in [0, 0.1) is 0 Å². The van der Waals surface area contributed by atoms with Gasteiger partial charge >= 0.3 is 49.4 Å². The van der Waals surface area contributed by atoms with Crippen molar-refractivity contribution in [3.05, 3.63) is 148 Å². The molecule has 28 heteroatoms. The maximum Gasteiger partial charge on any atom is 0.416 e. The molecule has 372 valence electrons. The molecule has 0 saturated carbocycles. The van der Waals surface area contributed by atoms with Crippen LogP contribution in [-0.2, 0) is 49.4 Å². The van der Waals surface area contributed by atoms with Gasteiger partial charge in [0.05, 0.1) is 44.5 Å². The average molecular weight is 1080 g/mol. The van der Waals surface area contributed by atoms with E-state index >= 15 is 0 Å². The molecule has 5 rings (SSSR count). The topological polar surface area (TPSA) is 13.1 Å². The molecule has 0 fully saturated rings. The number of pyridine rings is 1. The zero-order valence-corrected chi connectivity index (χ0v) is 34.4. The molecule has 0 aliphatic heterocycles. The SMILES string of the molecule is BrCCCO[n+]1ccccc1.FC(F)(F)c1cc([B-](c2cc(C(F)(F)F)cc(C(F)(F)F)c2)(c2cc(C(F)(F)F)cc(C(F)(F)F)c2)c2cc(C(F)(F)F)cc(C(F)(F)F)c2)cc(C(F)(F)F)c1. The van der Waals surface area contributed by atoms with Crippen LogP contribution < -0.4 is 31.4 Å². The summed E-state index contributed by atoms with van der Waals surface area (Å²) in [6, 6.07) is -2.97. The number of alkyl halides is 25. The number of hydrogen-bond donors (Lipinski definition) is 0. The molecule has 0 saturated heterocycles. The maximum absolute atomic E-state index is 14.2. The van der Waals surface area contributed by atoms with Crippen molar-refractivity contribution in [2.45, 2.75) is 55.8 Å². The van der Waals surface area contributed by atoms with E-state index in [1.807, 2.05) is 30.6 Å². The van der Waals surface area contributed by atoms with Gasteiger partial charge in [0.25, 0.3) is 0 Å². The first kappa shape index (κ1) is 55.3. The fraction of sp³-hybridized carbons (Fsp3) is 0.275. The third-order valence-corrected chi connectivity index (χ3v) is 10.2. The second kappa shape index (κ2) is 19.2. The highest BCUT2D eigenvalue weighted by molar-refractivity contribution is 9.09. The van der Waals surface area contributed by atoms with Gasteiger partial charge < -0.3 is 0 Å². The third-order valence-electron chi connectivity index (χ3n) is 9.65. The highest BCUT2D eigenvalue weighted by atomic mass is 79.9. The summed E-state index contributed by atoms with van der Waals surface area (Å²) in [6.07, 6.45) is -50.0. The molecule has 0 unspecified atom stereocenters. The Bertz CT molecular complexity index is 2100. The molecule has 0 amide bonds. The molecule has 0 aliphatic rings. The minimum Gasteiger partial charge on any atom is -0.271 e. The summed E-state index contributed by atoms with van der Waals surface area (Å²) in [6.45, 7) is 0.750. The fourth-order valence-corrected chi connectivity index (χ4v) is 6.99. The van der Waals surface area contributed by atoms with Crippen molar-refractivity contribution in [2.24, 2.45) is 0 Å². The van der Waals surface area contributed by atoms with Crippen molar-refractivity contribution in [3.8, 4) is 0 Å². The van der Waals surface area contributed by atoms with Gasteiger partial charge in [-0.05, 0) is 30.7 Å². The van der Waals surface area contributed by atoms with Crippen LogP contribution in [0.1, 0.15) is 50.9 Å². The van der Waals surface area contributed by atoms with Crippen molar-refractivity contribution in [3.63, 3.8) is 0 Å². The van der Waals surface area contributed by atoms with Crippen LogP contribution in [0.5, 0.6) is 0 Å². The van der Waals surface area contributed by atoms with E-state index in [1.165, 1.54) is 0 Å². The second-order valence-corrected chi connectivity index (χ2v) is 15.1. The van der Waals surface area contributed by atoms with Crippen LogP contribution in [-0.4, -0.2) is 18.1 Å². The first-order chi connectivity index (χ1) is 30.7. The predicted octanol–water partition coefficient (Wildman–Crippen LogP) is 12.4. The van der Waals surface area contributed by atoms with E-state index in [0.717, 1.165) is 18.4 Å². The molecule has 0 spiro atoms. The Morgan fingerprint density at radius 3 is 0.721 bits per heavy atom. The van der Waals surface area contributed by atoms with E-state index in [9.17, 15) is 105 Å². The van der Waals surface area contributed by atoms with E-state index in [0.29, 0.717) is 0 Å². The predicted molar refractivity (Wildman–Crippen MR) is 197 cm³/mol. The summed E-state index contributed by atoms with van der Waals surface area (Å²) in [4.78, 5) is 5.33. The Labute approximate surface area is 374 Å². The third kappa shape index (κ3) is 13.3. The van der Waals surface area contributed by atoms with Gasteiger partial charge in [0, 0.05) is 22.2 Å². The Balaban J connectivity index is 0.000000802. The molecule has 1 heterocycles. The van der Waals surface area contributed by atoms with E-state index in [4.69, 9.17) is 4.84 Å². The zero-order chi connectivity index (χ0) is 51.9. The highest BCUT2D eigenvalue weighted by Gasteiger charge is 2.47. The first-order valence-electron chi connectivity index (χ1n) is 18.2. The van der Waals surface area contributed by atoms with E-state index < -0.39 is 195 Å². The smallest absolute Gasteiger partial charge is 0.271 e. The number of rotatable bonds is 8. The first-order valence-corrected chi connectivity index (χ1v) is 19.3. The molecule has 4 aromatic carbocycles. The van der Waals surface area contributed by atoms with Crippen LogP contribution in [0.4, 0.5) is 105 Å². The lowest BCUT2D eigenvalue weighted by molar-refractivity contribution is -0.891. The number of benzene rings is 4. The summed E-state index contributed by atoms with van der Waals surface area (Å²) in [5.74, 6) is 0.